The van der Waals surface area contributed by atoms with E-state index in [2.05, 4.69) is 41.8 Å². The summed E-state index contributed by atoms with van der Waals surface area (Å²) in [7, 11) is 0. The van der Waals surface area contributed by atoms with Gasteiger partial charge in [0.05, 0.1) is 0 Å². The van der Waals surface area contributed by atoms with Gasteiger partial charge in [-0.1, -0.05) is 29.8 Å². The van der Waals surface area contributed by atoms with Gasteiger partial charge in [0.15, 0.2) is 0 Å². The van der Waals surface area contributed by atoms with Crippen molar-refractivity contribution in [3.63, 3.8) is 0 Å². The third kappa shape index (κ3) is 6.08. The third-order valence-corrected chi connectivity index (χ3v) is 4.45. The minimum absolute atomic E-state index is 0.0668. The Kier molecular flexibility index (Phi) is 6.88. The Balaban J connectivity index is 1.73. The van der Waals surface area contributed by atoms with E-state index in [0.717, 1.165) is 11.3 Å². The Morgan fingerprint density at radius 1 is 0.958 bits per heavy atom. The summed E-state index contributed by atoms with van der Waals surface area (Å²) < 4.78 is 0. The monoisotopic (exact) mass is 342 g/mol. The van der Waals surface area contributed by atoms with E-state index in [0.29, 0.717) is 18.7 Å². The molecule has 0 bridgehead atoms. The Labute approximate surface area is 147 Å². The summed E-state index contributed by atoms with van der Waals surface area (Å²) in [6.45, 7) is 4.64. The molecule has 24 heavy (non-hydrogen) atoms. The molecule has 4 nitrogen and oxygen atoms in total. The van der Waals surface area contributed by atoms with Crippen molar-refractivity contribution in [2.24, 2.45) is 0 Å². The van der Waals surface area contributed by atoms with Crippen LogP contribution in [0.3, 0.4) is 0 Å². The molecule has 2 aromatic carbocycles. The Hall–Kier alpha value is -2.27. The van der Waals surface area contributed by atoms with Gasteiger partial charge in [0.2, 0.25) is 5.91 Å². The number of hydrogen-bond donors (Lipinski definition) is 2. The zero-order valence-corrected chi connectivity index (χ0v) is 14.8. The first-order valence-corrected chi connectivity index (χ1v) is 8.84. The minimum atomic E-state index is -0.0782. The number of hydrogen-bond acceptors (Lipinski definition) is 3. The molecular formula is C19H22N2O2S. The van der Waals surface area contributed by atoms with E-state index in [1.807, 2.05) is 12.1 Å². The molecule has 0 aliphatic heterocycles. The molecule has 0 saturated heterocycles. The van der Waals surface area contributed by atoms with Gasteiger partial charge in [-0.2, -0.15) is 0 Å². The molecule has 0 saturated carbocycles. The standard InChI is InChI=1S/C19H22N2O2S/c1-14-3-9-18(10-4-14)24-12-11-20-19(23)17-7-5-16(6-8-17)13-21-15(2)22/h3-10H,11-13H2,1-2H3,(H,20,23)(H,21,22). The number of rotatable bonds is 7. The highest BCUT2D eigenvalue weighted by Gasteiger charge is 2.05. The first-order chi connectivity index (χ1) is 11.5. The van der Waals surface area contributed by atoms with E-state index < -0.39 is 0 Å². The molecule has 2 rings (SSSR count). The molecule has 2 N–H and O–H groups in total. The van der Waals surface area contributed by atoms with Crippen LogP contribution in [0, 0.1) is 6.92 Å². The number of amides is 2. The van der Waals surface area contributed by atoms with Crippen LogP contribution >= 0.6 is 11.8 Å². The molecule has 0 fully saturated rings. The van der Waals surface area contributed by atoms with Crippen LogP contribution in [0.1, 0.15) is 28.4 Å². The second-order valence-electron chi connectivity index (χ2n) is 5.52. The zero-order valence-electron chi connectivity index (χ0n) is 14.0. The summed E-state index contributed by atoms with van der Waals surface area (Å²) in [6.07, 6.45) is 0. The number of carbonyl (C=O) groups is 2. The van der Waals surface area contributed by atoms with Gasteiger partial charge in [-0.3, -0.25) is 9.59 Å². The Morgan fingerprint density at radius 2 is 1.62 bits per heavy atom. The van der Waals surface area contributed by atoms with Crippen molar-refractivity contribution in [3.05, 3.63) is 65.2 Å². The van der Waals surface area contributed by atoms with Crippen molar-refractivity contribution in [1.82, 2.24) is 10.6 Å². The molecule has 2 amide bonds. The van der Waals surface area contributed by atoms with Gasteiger partial charge in [0, 0.05) is 36.2 Å². The van der Waals surface area contributed by atoms with Crippen molar-refractivity contribution in [3.8, 4) is 0 Å². The first-order valence-electron chi connectivity index (χ1n) is 7.85. The number of nitrogens with one attached hydrogen (secondary N) is 2. The highest BCUT2D eigenvalue weighted by molar-refractivity contribution is 7.99. The van der Waals surface area contributed by atoms with Crippen LogP contribution in [0.15, 0.2) is 53.4 Å². The predicted molar refractivity (Wildman–Crippen MR) is 98.2 cm³/mol. The van der Waals surface area contributed by atoms with Crippen LogP contribution in [0.25, 0.3) is 0 Å². The summed E-state index contributed by atoms with van der Waals surface area (Å²) in [5, 5.41) is 5.65. The summed E-state index contributed by atoms with van der Waals surface area (Å²) in [6, 6.07) is 15.6. The Morgan fingerprint density at radius 3 is 2.25 bits per heavy atom. The van der Waals surface area contributed by atoms with Crippen molar-refractivity contribution < 1.29 is 9.59 Å². The van der Waals surface area contributed by atoms with Crippen LogP contribution in [0.2, 0.25) is 0 Å². The quantitative estimate of drug-likeness (QED) is 0.600. The van der Waals surface area contributed by atoms with E-state index >= 15 is 0 Å². The molecule has 2 aromatic rings. The highest BCUT2D eigenvalue weighted by atomic mass is 32.2. The third-order valence-electron chi connectivity index (χ3n) is 3.43. The molecule has 0 aliphatic rings. The van der Waals surface area contributed by atoms with Crippen molar-refractivity contribution in [1.29, 1.82) is 0 Å². The summed E-state index contributed by atoms with van der Waals surface area (Å²) in [4.78, 5) is 24.2. The van der Waals surface area contributed by atoms with E-state index in [1.54, 1.807) is 23.9 Å². The first kappa shape index (κ1) is 18.1. The van der Waals surface area contributed by atoms with E-state index in [1.165, 1.54) is 17.4 Å². The van der Waals surface area contributed by atoms with Crippen LogP contribution in [-0.2, 0) is 11.3 Å². The second-order valence-corrected chi connectivity index (χ2v) is 6.69. The number of thioether (sulfide) groups is 1. The van der Waals surface area contributed by atoms with Gasteiger partial charge in [-0.15, -0.1) is 11.8 Å². The predicted octanol–water partition coefficient (Wildman–Crippen LogP) is 3.15. The minimum Gasteiger partial charge on any atom is -0.352 e. The maximum Gasteiger partial charge on any atom is 0.251 e. The zero-order chi connectivity index (χ0) is 17.4. The van der Waals surface area contributed by atoms with Crippen LogP contribution in [0.4, 0.5) is 0 Å². The normalized spacial score (nSPS) is 10.2. The average molecular weight is 342 g/mol. The molecule has 0 heterocycles. The van der Waals surface area contributed by atoms with Gasteiger partial charge in [-0.25, -0.2) is 0 Å². The lowest BCUT2D eigenvalue weighted by Crippen LogP contribution is -2.25. The number of carbonyl (C=O) groups excluding carboxylic acids is 2. The van der Waals surface area contributed by atoms with E-state index in [-0.39, 0.29) is 11.8 Å². The molecule has 0 aliphatic carbocycles. The maximum atomic E-state index is 12.1. The lowest BCUT2D eigenvalue weighted by atomic mass is 10.1. The molecule has 0 unspecified atom stereocenters. The fourth-order valence-corrected chi connectivity index (χ4v) is 2.84. The van der Waals surface area contributed by atoms with Crippen LogP contribution in [-0.4, -0.2) is 24.1 Å². The van der Waals surface area contributed by atoms with Crippen LogP contribution < -0.4 is 10.6 Å². The molecule has 126 valence electrons. The lowest BCUT2D eigenvalue weighted by molar-refractivity contribution is -0.119. The van der Waals surface area contributed by atoms with Crippen molar-refractivity contribution in [2.75, 3.05) is 12.3 Å². The van der Waals surface area contributed by atoms with E-state index in [4.69, 9.17) is 0 Å². The summed E-state index contributed by atoms with van der Waals surface area (Å²) >= 11 is 1.72. The molecule has 0 radical (unpaired) electrons. The van der Waals surface area contributed by atoms with Gasteiger partial charge < -0.3 is 10.6 Å². The molecular weight excluding hydrogens is 320 g/mol. The Bertz CT molecular complexity index is 682. The van der Waals surface area contributed by atoms with Gasteiger partial charge in [0.25, 0.3) is 5.91 Å². The van der Waals surface area contributed by atoms with Crippen LogP contribution in [0.5, 0.6) is 0 Å². The van der Waals surface area contributed by atoms with Crippen molar-refractivity contribution in [2.45, 2.75) is 25.3 Å². The fraction of sp³-hybridized carbons (Fsp3) is 0.263. The average Bonchev–Trinajstić information content (AvgIpc) is 2.58. The molecule has 0 atom stereocenters. The SMILES string of the molecule is CC(=O)NCc1ccc(C(=O)NCCSc2ccc(C)cc2)cc1. The summed E-state index contributed by atoms with van der Waals surface area (Å²) in [5.74, 6) is 0.684. The fourth-order valence-electron chi connectivity index (χ4n) is 2.07. The number of aryl methyl sites for hydroxylation is 1. The van der Waals surface area contributed by atoms with Gasteiger partial charge in [0.1, 0.15) is 0 Å². The molecule has 5 heteroatoms. The largest absolute Gasteiger partial charge is 0.352 e. The van der Waals surface area contributed by atoms with E-state index in [9.17, 15) is 9.59 Å². The molecule has 0 aromatic heterocycles. The highest BCUT2D eigenvalue weighted by Crippen LogP contribution is 2.17. The van der Waals surface area contributed by atoms with Gasteiger partial charge in [-0.05, 0) is 36.8 Å². The smallest absolute Gasteiger partial charge is 0.251 e. The molecule has 0 spiro atoms. The van der Waals surface area contributed by atoms with Gasteiger partial charge >= 0.3 is 0 Å². The number of benzene rings is 2. The second kappa shape index (κ2) is 9.13. The lowest BCUT2D eigenvalue weighted by Gasteiger charge is -2.07. The summed E-state index contributed by atoms with van der Waals surface area (Å²) in [5.41, 5.74) is 2.84. The maximum absolute atomic E-state index is 12.1. The van der Waals surface area contributed by atoms with Crippen molar-refractivity contribution >= 4 is 23.6 Å². The topological polar surface area (TPSA) is 58.2 Å².